The van der Waals surface area contributed by atoms with Crippen molar-refractivity contribution in [2.45, 2.75) is 59.0 Å². The number of carbonyl (C=O) groups is 3. The zero-order valence-electron chi connectivity index (χ0n) is 19.0. The molecule has 3 unspecified atom stereocenters. The van der Waals surface area contributed by atoms with Crippen LogP contribution in [0.15, 0.2) is 24.3 Å². The maximum Gasteiger partial charge on any atom is 0.313 e. The summed E-state index contributed by atoms with van der Waals surface area (Å²) in [6.45, 7) is 8.53. The minimum Gasteiger partial charge on any atom is -0.461 e. The predicted molar refractivity (Wildman–Crippen MR) is 117 cm³/mol. The zero-order chi connectivity index (χ0) is 23.0. The zero-order valence-corrected chi connectivity index (χ0v) is 19.0. The molecule has 1 aliphatic heterocycles. The van der Waals surface area contributed by atoms with Crippen LogP contribution in [0.1, 0.15) is 78.8 Å². The van der Waals surface area contributed by atoms with Crippen molar-refractivity contribution in [1.82, 2.24) is 20.1 Å². The van der Waals surface area contributed by atoms with Crippen LogP contribution in [0, 0.1) is 17.8 Å². The van der Waals surface area contributed by atoms with Gasteiger partial charge in [0.05, 0.1) is 11.1 Å². The van der Waals surface area contributed by atoms with Gasteiger partial charge in [0.1, 0.15) is 18.3 Å². The predicted octanol–water partition coefficient (Wildman–Crippen LogP) is 3.36. The van der Waals surface area contributed by atoms with E-state index in [2.05, 4.69) is 36.0 Å². The summed E-state index contributed by atoms with van der Waals surface area (Å²) in [7, 11) is 0. The largest absolute Gasteiger partial charge is 0.461 e. The Bertz CT molecular complexity index is 986. The number of benzene rings is 1. The van der Waals surface area contributed by atoms with Gasteiger partial charge in [-0.25, -0.2) is 4.98 Å². The molecule has 2 aromatic rings. The van der Waals surface area contributed by atoms with E-state index < -0.39 is 0 Å². The Hall–Kier alpha value is -3.03. The number of imide groups is 1. The molecule has 1 fully saturated rings. The number of hydrogen-bond acceptors (Lipinski definition) is 6. The molecule has 170 valence electrons. The number of aromatic amines is 1. The fourth-order valence-electron chi connectivity index (χ4n) is 5.13. The number of nitrogens with one attached hydrogen (secondary N) is 1. The number of fused-ring (bicyclic) bond motifs is 1. The van der Waals surface area contributed by atoms with E-state index in [9.17, 15) is 14.4 Å². The van der Waals surface area contributed by atoms with Crippen molar-refractivity contribution in [3.05, 3.63) is 47.0 Å². The summed E-state index contributed by atoms with van der Waals surface area (Å²) in [6.07, 6.45) is 2.06. The molecule has 1 aromatic carbocycles. The minimum atomic E-state index is -0.320. The van der Waals surface area contributed by atoms with Gasteiger partial charge in [-0.1, -0.05) is 39.8 Å². The van der Waals surface area contributed by atoms with Gasteiger partial charge in [0.15, 0.2) is 5.82 Å². The van der Waals surface area contributed by atoms with Crippen LogP contribution in [0.4, 0.5) is 0 Å². The van der Waals surface area contributed by atoms with Crippen molar-refractivity contribution >= 4 is 17.8 Å². The number of aromatic nitrogens is 3. The Morgan fingerprint density at radius 2 is 1.72 bits per heavy atom. The molecule has 8 nitrogen and oxygen atoms in total. The van der Waals surface area contributed by atoms with Gasteiger partial charge in [0.25, 0.3) is 11.8 Å². The first-order chi connectivity index (χ1) is 15.2. The van der Waals surface area contributed by atoms with E-state index in [-0.39, 0.29) is 42.8 Å². The first-order valence-corrected chi connectivity index (χ1v) is 11.3. The quantitative estimate of drug-likeness (QED) is 0.548. The normalized spacial score (nSPS) is 26.2. The topological polar surface area (TPSA) is 105 Å². The molecule has 1 saturated carbocycles. The van der Waals surface area contributed by atoms with Crippen LogP contribution in [0.3, 0.4) is 0 Å². The lowest BCUT2D eigenvalue weighted by Gasteiger charge is -2.37. The van der Waals surface area contributed by atoms with Gasteiger partial charge in [0.2, 0.25) is 0 Å². The third-order valence-corrected chi connectivity index (χ3v) is 6.57. The Morgan fingerprint density at radius 3 is 2.31 bits per heavy atom. The van der Waals surface area contributed by atoms with Crippen LogP contribution in [0.5, 0.6) is 0 Å². The fraction of sp³-hybridized carbons (Fsp3) is 0.542. The maximum atomic E-state index is 12.6. The van der Waals surface area contributed by atoms with Crippen molar-refractivity contribution in [2.75, 3.05) is 6.54 Å². The van der Waals surface area contributed by atoms with Gasteiger partial charge in [0, 0.05) is 12.5 Å². The van der Waals surface area contributed by atoms with Crippen LogP contribution in [0.25, 0.3) is 0 Å². The lowest BCUT2D eigenvalue weighted by atomic mass is 9.75. The highest BCUT2D eigenvalue weighted by Gasteiger charge is 2.37. The third kappa shape index (κ3) is 4.31. The molecular formula is C24H30N4O4. The van der Waals surface area contributed by atoms with Crippen LogP contribution < -0.4 is 0 Å². The Labute approximate surface area is 187 Å². The van der Waals surface area contributed by atoms with Gasteiger partial charge in [-0.05, 0) is 42.7 Å². The molecule has 1 aromatic heterocycles. The Morgan fingerprint density at radius 1 is 1.12 bits per heavy atom. The second-order valence-corrected chi connectivity index (χ2v) is 9.47. The van der Waals surface area contributed by atoms with E-state index in [1.54, 1.807) is 24.3 Å². The average molecular weight is 439 g/mol. The highest BCUT2D eigenvalue weighted by Crippen LogP contribution is 2.35. The number of nitrogens with zero attached hydrogens (tertiary/aromatic N) is 3. The first-order valence-electron chi connectivity index (χ1n) is 11.3. The molecule has 0 spiro atoms. The molecule has 1 N–H and O–H groups in total. The lowest BCUT2D eigenvalue weighted by Crippen LogP contribution is -2.37. The van der Waals surface area contributed by atoms with Gasteiger partial charge in [-0.2, -0.15) is 5.10 Å². The van der Waals surface area contributed by atoms with Crippen LogP contribution in [-0.2, 0) is 16.0 Å². The Balaban J connectivity index is 1.35. The number of amides is 2. The number of H-pyrrole nitrogens is 1. The van der Waals surface area contributed by atoms with Crippen molar-refractivity contribution in [3.8, 4) is 0 Å². The van der Waals surface area contributed by atoms with Gasteiger partial charge in [-0.15, -0.1) is 0 Å². The second-order valence-electron chi connectivity index (χ2n) is 9.47. The van der Waals surface area contributed by atoms with E-state index in [0.717, 1.165) is 12.8 Å². The monoisotopic (exact) mass is 438 g/mol. The second kappa shape index (κ2) is 8.84. The summed E-state index contributed by atoms with van der Waals surface area (Å²) in [5, 5.41) is 7.00. The van der Waals surface area contributed by atoms with Crippen molar-refractivity contribution < 1.29 is 19.1 Å². The van der Waals surface area contributed by atoms with E-state index in [4.69, 9.17) is 4.74 Å². The number of esters is 1. The van der Waals surface area contributed by atoms with Crippen LogP contribution in [-0.4, -0.2) is 50.5 Å². The number of rotatable bonds is 6. The molecule has 2 heterocycles. The SMILES string of the molecule is CC1CC(C)C(OC(=O)Cc2nc(C(C)CN3C(=O)c4ccccc4C3=O)n[nH]2)C(C)C1. The summed E-state index contributed by atoms with van der Waals surface area (Å²) in [6, 6.07) is 6.80. The molecule has 0 radical (unpaired) electrons. The molecule has 4 rings (SSSR count). The molecule has 0 saturated heterocycles. The number of ether oxygens (including phenoxy) is 1. The van der Waals surface area contributed by atoms with Crippen molar-refractivity contribution in [2.24, 2.45) is 17.8 Å². The van der Waals surface area contributed by atoms with Gasteiger partial charge in [-0.3, -0.25) is 24.4 Å². The van der Waals surface area contributed by atoms with E-state index >= 15 is 0 Å². The first kappa shape index (κ1) is 22.2. The lowest BCUT2D eigenvalue weighted by molar-refractivity contribution is -0.157. The van der Waals surface area contributed by atoms with Crippen molar-refractivity contribution in [3.63, 3.8) is 0 Å². The molecule has 8 heteroatoms. The molecule has 0 bridgehead atoms. The summed E-state index contributed by atoms with van der Waals surface area (Å²) < 4.78 is 5.79. The summed E-state index contributed by atoms with van der Waals surface area (Å²) in [5.41, 5.74) is 0.840. The smallest absolute Gasteiger partial charge is 0.313 e. The summed E-state index contributed by atoms with van der Waals surface area (Å²) in [5.74, 6) is 0.989. The number of hydrogen-bond donors (Lipinski definition) is 1. The van der Waals surface area contributed by atoms with Gasteiger partial charge >= 0.3 is 5.97 Å². The molecule has 3 atom stereocenters. The molecule has 32 heavy (non-hydrogen) atoms. The Kier molecular flexibility index (Phi) is 6.13. The molecule has 2 amide bonds. The third-order valence-electron chi connectivity index (χ3n) is 6.57. The molecular weight excluding hydrogens is 408 g/mol. The van der Waals surface area contributed by atoms with Gasteiger partial charge < -0.3 is 4.74 Å². The van der Waals surface area contributed by atoms with E-state index in [1.807, 2.05) is 6.92 Å². The molecule has 2 aliphatic rings. The highest BCUT2D eigenvalue weighted by atomic mass is 16.5. The van der Waals surface area contributed by atoms with Crippen LogP contribution in [0.2, 0.25) is 0 Å². The highest BCUT2D eigenvalue weighted by molar-refractivity contribution is 6.21. The van der Waals surface area contributed by atoms with E-state index in [1.165, 1.54) is 4.90 Å². The summed E-state index contributed by atoms with van der Waals surface area (Å²) in [4.78, 5) is 43.3. The minimum absolute atomic E-state index is 0.0121. The average Bonchev–Trinajstić information content (AvgIpc) is 3.30. The maximum absolute atomic E-state index is 12.6. The standard InChI is InChI=1S/C24H30N4O4/c1-13-9-14(2)21(15(3)10-13)32-20(29)11-19-25-22(27-26-19)16(4)12-28-23(30)17-7-5-6-8-18(17)24(28)31/h5-8,13-16,21H,9-12H2,1-4H3,(H,25,26,27). The fourth-order valence-corrected chi connectivity index (χ4v) is 5.13. The number of carbonyl (C=O) groups excluding carboxylic acids is 3. The van der Waals surface area contributed by atoms with Crippen LogP contribution >= 0.6 is 0 Å². The van der Waals surface area contributed by atoms with E-state index in [0.29, 0.717) is 40.5 Å². The van der Waals surface area contributed by atoms with Crippen molar-refractivity contribution in [1.29, 1.82) is 0 Å². The molecule has 1 aliphatic carbocycles. The summed E-state index contributed by atoms with van der Waals surface area (Å²) >= 11 is 0.